The Morgan fingerprint density at radius 3 is 2.70 bits per heavy atom. The van der Waals surface area contributed by atoms with Gasteiger partial charge in [-0.25, -0.2) is 0 Å². The molecule has 0 bridgehead atoms. The third kappa shape index (κ3) is 2.60. The maximum atomic E-state index is 3.09. The van der Waals surface area contributed by atoms with Crippen LogP contribution in [0.4, 0.5) is 0 Å². The van der Waals surface area contributed by atoms with Crippen LogP contribution in [0, 0.1) is 0 Å². The van der Waals surface area contributed by atoms with E-state index in [0.29, 0.717) is 0 Å². The smallest absolute Gasteiger partial charge is 0.311 e. The van der Waals surface area contributed by atoms with E-state index in [1.807, 2.05) is 0 Å². The second kappa shape index (κ2) is 4.60. The zero-order valence-electron chi connectivity index (χ0n) is 6.09. The Hall–Kier alpha value is -0.185. The summed E-state index contributed by atoms with van der Waals surface area (Å²) in [5.41, 5.74) is 0. The van der Waals surface area contributed by atoms with Gasteiger partial charge in [-0.3, -0.25) is 0 Å². The first-order chi connectivity index (χ1) is 4.93. The number of nitrogens with one attached hydrogen (secondary N) is 3. The van der Waals surface area contributed by atoms with Crippen molar-refractivity contribution in [1.82, 2.24) is 15.4 Å². The largest absolute Gasteiger partial charge is 0.379 e. The van der Waals surface area contributed by atoms with Crippen LogP contribution in [0.2, 0.25) is 0 Å². The lowest BCUT2D eigenvalue weighted by Gasteiger charge is -2.17. The Morgan fingerprint density at radius 1 is 1.40 bits per heavy atom. The van der Waals surface area contributed by atoms with Gasteiger partial charge in [0.2, 0.25) is 0 Å². The summed E-state index contributed by atoms with van der Waals surface area (Å²) in [5, 5.41) is 9.06. The molecule has 0 unspecified atom stereocenters. The summed E-state index contributed by atoms with van der Waals surface area (Å²) >= 11 is 0. The fraction of sp³-hybridized carbons (Fsp3) is 0.500. The van der Waals surface area contributed by atoms with Crippen LogP contribution in [0.3, 0.4) is 0 Å². The van der Waals surface area contributed by atoms with E-state index in [0.717, 1.165) is 6.42 Å². The van der Waals surface area contributed by atoms with Crippen molar-refractivity contribution in [3.63, 3.8) is 0 Å². The summed E-state index contributed by atoms with van der Waals surface area (Å²) in [6.07, 6.45) is 3.20. The second-order valence-corrected chi connectivity index (χ2v) is 2.10. The van der Waals surface area contributed by atoms with Gasteiger partial charge in [0, 0.05) is 0 Å². The molecule has 1 heterocycles. The Kier molecular flexibility index (Phi) is 3.64. The van der Waals surface area contributed by atoms with Gasteiger partial charge in [-0.1, -0.05) is 19.0 Å². The van der Waals surface area contributed by atoms with Gasteiger partial charge in [0.05, 0.1) is 0 Å². The number of hydrogen-bond donors (Lipinski definition) is 3. The van der Waals surface area contributed by atoms with Gasteiger partial charge in [-0.05, 0) is 6.42 Å². The first-order valence-corrected chi connectivity index (χ1v) is 3.51. The quantitative estimate of drug-likeness (QED) is 0.415. The molecule has 1 rings (SSSR count). The Balaban J connectivity index is 2.19. The van der Waals surface area contributed by atoms with E-state index in [1.165, 1.54) is 0 Å². The summed E-state index contributed by atoms with van der Waals surface area (Å²) < 4.78 is 0. The number of allylic oxidation sites excluding steroid dienone is 1. The van der Waals surface area contributed by atoms with Crippen LogP contribution in [0.15, 0.2) is 12.1 Å². The molecule has 0 atom stereocenters. The average Bonchev–Trinajstić information content (AvgIpc) is 2.03. The summed E-state index contributed by atoms with van der Waals surface area (Å²) in [7, 11) is 3.61. The molecule has 0 amide bonds. The first-order valence-electron chi connectivity index (χ1n) is 3.51. The zero-order chi connectivity index (χ0) is 7.23. The van der Waals surface area contributed by atoms with E-state index >= 15 is 0 Å². The molecule has 2 radical (unpaired) electrons. The molecule has 10 heavy (non-hydrogen) atoms. The maximum Gasteiger partial charge on any atom is 0.311 e. The molecule has 50 valence electrons. The fourth-order valence-corrected chi connectivity index (χ4v) is 0.749. The zero-order valence-corrected chi connectivity index (χ0v) is 6.09. The lowest BCUT2D eigenvalue weighted by atomic mass is 9.65. The molecule has 1 aliphatic rings. The predicted octanol–water partition coefficient (Wildman–Crippen LogP) is -1.17. The van der Waals surface area contributed by atoms with E-state index in [4.69, 9.17) is 0 Å². The van der Waals surface area contributed by atoms with Gasteiger partial charge in [-0.15, -0.1) is 0 Å². The molecule has 0 aromatic heterocycles. The third-order valence-electron chi connectivity index (χ3n) is 1.26. The van der Waals surface area contributed by atoms with Crippen molar-refractivity contribution in [2.75, 3.05) is 0 Å². The van der Waals surface area contributed by atoms with Gasteiger partial charge >= 0.3 is 6.98 Å². The Bertz CT molecular complexity index is 112. The standard InChI is InChI=1S/C4H10B3N3/c1-2-3-4-7-9-5-8-6-10-7/h3-4,8-10H,2H2,1H3. The van der Waals surface area contributed by atoms with Crippen LogP contribution in [-0.4, -0.2) is 22.1 Å². The fourth-order valence-electron chi connectivity index (χ4n) is 0.749. The molecule has 1 saturated heterocycles. The molecule has 3 N–H and O–H groups in total. The van der Waals surface area contributed by atoms with E-state index in [-0.39, 0.29) is 6.98 Å². The molecular weight excluding hydrogens is 123 g/mol. The molecule has 1 aliphatic heterocycles. The van der Waals surface area contributed by atoms with Crippen molar-refractivity contribution < 1.29 is 0 Å². The number of rotatable bonds is 2. The summed E-state index contributed by atoms with van der Waals surface area (Å²) in [5.74, 6) is 2.09. The van der Waals surface area contributed by atoms with Crippen LogP contribution in [-0.2, 0) is 0 Å². The highest BCUT2D eigenvalue weighted by Gasteiger charge is 2.13. The van der Waals surface area contributed by atoms with Gasteiger partial charge < -0.3 is 15.4 Å². The average molecular weight is 133 g/mol. The van der Waals surface area contributed by atoms with E-state index in [9.17, 15) is 0 Å². The lowest BCUT2D eigenvalue weighted by Crippen LogP contribution is -2.62. The highest BCUT2D eigenvalue weighted by molar-refractivity contribution is 6.77. The molecule has 1 fully saturated rings. The SMILES string of the molecule is CCC=CB1N[B]N[B]N1. The minimum absolute atomic E-state index is 0.251. The van der Waals surface area contributed by atoms with Crippen molar-refractivity contribution in [2.45, 2.75) is 13.3 Å². The van der Waals surface area contributed by atoms with Crippen LogP contribution in [0.1, 0.15) is 13.3 Å². The van der Waals surface area contributed by atoms with Crippen LogP contribution in [0.25, 0.3) is 0 Å². The van der Waals surface area contributed by atoms with Crippen LogP contribution < -0.4 is 15.4 Å². The molecular formula is C4H10B3N3. The van der Waals surface area contributed by atoms with Crippen molar-refractivity contribution >= 4 is 22.1 Å². The molecule has 3 nitrogen and oxygen atoms in total. The van der Waals surface area contributed by atoms with E-state index < -0.39 is 0 Å². The third-order valence-corrected chi connectivity index (χ3v) is 1.26. The molecule has 0 aromatic carbocycles. The molecule has 0 spiro atoms. The molecule has 0 saturated carbocycles. The lowest BCUT2D eigenvalue weighted by molar-refractivity contribution is 1.21. The summed E-state index contributed by atoms with van der Waals surface area (Å²) in [6.45, 7) is 2.37. The maximum absolute atomic E-state index is 3.09. The van der Waals surface area contributed by atoms with Crippen molar-refractivity contribution in [3.8, 4) is 0 Å². The Morgan fingerprint density at radius 2 is 2.10 bits per heavy atom. The van der Waals surface area contributed by atoms with Gasteiger partial charge in [0.25, 0.3) is 15.1 Å². The van der Waals surface area contributed by atoms with Gasteiger partial charge in [-0.2, -0.15) is 0 Å². The summed E-state index contributed by atoms with van der Waals surface area (Å²) in [6, 6.07) is 0. The topological polar surface area (TPSA) is 36.1 Å². The first kappa shape index (κ1) is 7.92. The monoisotopic (exact) mass is 133 g/mol. The minimum Gasteiger partial charge on any atom is -0.379 e. The minimum atomic E-state index is 0.251. The van der Waals surface area contributed by atoms with E-state index in [1.54, 1.807) is 15.1 Å². The normalized spacial score (nSPS) is 18.7. The number of hydrogen-bond acceptors (Lipinski definition) is 3. The van der Waals surface area contributed by atoms with E-state index in [2.05, 4.69) is 34.4 Å². The molecule has 0 aromatic rings. The van der Waals surface area contributed by atoms with Crippen molar-refractivity contribution in [3.05, 3.63) is 12.1 Å². The predicted molar refractivity (Wildman–Crippen MR) is 46.1 cm³/mol. The van der Waals surface area contributed by atoms with Crippen LogP contribution >= 0.6 is 0 Å². The highest BCUT2D eigenvalue weighted by Crippen LogP contribution is 1.81. The molecule has 0 aliphatic carbocycles. The summed E-state index contributed by atoms with van der Waals surface area (Å²) in [4.78, 5) is 0. The molecule has 6 heteroatoms. The van der Waals surface area contributed by atoms with Gasteiger partial charge in [0.15, 0.2) is 0 Å². The van der Waals surface area contributed by atoms with Crippen LogP contribution in [0.5, 0.6) is 0 Å². The van der Waals surface area contributed by atoms with Gasteiger partial charge in [0.1, 0.15) is 0 Å². The van der Waals surface area contributed by atoms with Crippen molar-refractivity contribution in [2.24, 2.45) is 0 Å². The highest BCUT2D eigenvalue weighted by atomic mass is 15.0. The Labute approximate surface area is 63.7 Å². The van der Waals surface area contributed by atoms with Crippen molar-refractivity contribution in [1.29, 1.82) is 0 Å². The second-order valence-electron chi connectivity index (χ2n) is 2.10.